The minimum Gasteiger partial charge on any atom is -0.373 e. The zero-order chi connectivity index (χ0) is 9.54. The number of epoxide rings is 1. The van der Waals surface area contributed by atoms with Crippen LogP contribution in [-0.2, 0) is 11.2 Å². The van der Waals surface area contributed by atoms with Crippen LogP contribution in [0.3, 0.4) is 0 Å². The lowest BCUT2D eigenvalue weighted by atomic mass is 10.2. The number of halogens is 1. The summed E-state index contributed by atoms with van der Waals surface area (Å²) < 4.78 is 5.19. The highest BCUT2D eigenvalue weighted by molar-refractivity contribution is 6.31. The van der Waals surface area contributed by atoms with Gasteiger partial charge in [-0.3, -0.25) is 0 Å². The molecule has 0 spiro atoms. The lowest BCUT2D eigenvalue weighted by Gasteiger charge is -1.90. The summed E-state index contributed by atoms with van der Waals surface area (Å²) in [6, 6.07) is 8.03. The fourth-order valence-corrected chi connectivity index (χ4v) is 1.89. The lowest BCUT2D eigenvalue weighted by Crippen LogP contribution is -1.91. The largest absolute Gasteiger partial charge is 0.373 e. The van der Waals surface area contributed by atoms with E-state index < -0.39 is 0 Å². The van der Waals surface area contributed by atoms with Crippen LogP contribution in [0.25, 0.3) is 10.9 Å². The van der Waals surface area contributed by atoms with E-state index in [9.17, 15) is 0 Å². The summed E-state index contributed by atoms with van der Waals surface area (Å²) >= 11 is 5.91. The summed E-state index contributed by atoms with van der Waals surface area (Å²) in [4.78, 5) is 3.36. The number of H-pyrrole nitrogens is 1. The Morgan fingerprint density at radius 1 is 1.43 bits per heavy atom. The van der Waals surface area contributed by atoms with Crippen molar-refractivity contribution in [2.45, 2.75) is 12.5 Å². The Balaban J connectivity index is 2.01. The normalized spacial score (nSPS) is 20.2. The van der Waals surface area contributed by atoms with Gasteiger partial charge in [-0.25, -0.2) is 0 Å². The van der Waals surface area contributed by atoms with Crippen LogP contribution in [-0.4, -0.2) is 17.7 Å². The highest BCUT2D eigenvalue weighted by atomic mass is 35.5. The molecule has 1 aromatic carbocycles. The molecule has 2 heterocycles. The van der Waals surface area contributed by atoms with E-state index in [4.69, 9.17) is 16.3 Å². The van der Waals surface area contributed by atoms with Crippen LogP contribution in [0, 0.1) is 0 Å². The zero-order valence-corrected chi connectivity index (χ0v) is 8.34. The van der Waals surface area contributed by atoms with E-state index >= 15 is 0 Å². The van der Waals surface area contributed by atoms with Crippen molar-refractivity contribution in [3.8, 4) is 0 Å². The molecule has 1 saturated heterocycles. The third-order valence-electron chi connectivity index (χ3n) is 2.49. The van der Waals surface area contributed by atoms with Crippen molar-refractivity contribution in [1.82, 2.24) is 4.98 Å². The van der Waals surface area contributed by atoms with E-state index in [2.05, 4.69) is 11.1 Å². The molecule has 1 fully saturated rings. The predicted molar refractivity (Wildman–Crippen MR) is 56.8 cm³/mol. The maximum Gasteiger partial charge on any atom is 0.0864 e. The summed E-state index contributed by atoms with van der Waals surface area (Å²) in [7, 11) is 0. The van der Waals surface area contributed by atoms with E-state index in [0.29, 0.717) is 6.10 Å². The van der Waals surface area contributed by atoms with Gasteiger partial charge in [0.15, 0.2) is 0 Å². The molecule has 72 valence electrons. The minimum atomic E-state index is 0.429. The monoisotopic (exact) mass is 207 g/mol. The van der Waals surface area contributed by atoms with Gasteiger partial charge in [-0.2, -0.15) is 0 Å². The Bertz CT molecular complexity index is 473. The number of nitrogens with one attached hydrogen (secondary N) is 1. The molecule has 2 aromatic rings. The molecule has 3 heteroatoms. The van der Waals surface area contributed by atoms with Crippen molar-refractivity contribution >= 4 is 22.5 Å². The molecule has 1 atom stereocenters. The number of hydrogen-bond donors (Lipinski definition) is 1. The molecule has 3 rings (SSSR count). The summed E-state index contributed by atoms with van der Waals surface area (Å²) in [5.74, 6) is 0. The third-order valence-corrected chi connectivity index (χ3v) is 2.72. The van der Waals surface area contributed by atoms with Crippen molar-refractivity contribution in [3.05, 3.63) is 35.0 Å². The Labute approximate surface area is 86.8 Å². The number of fused-ring (bicyclic) bond motifs is 1. The van der Waals surface area contributed by atoms with Gasteiger partial charge in [-0.05, 0) is 24.3 Å². The van der Waals surface area contributed by atoms with Crippen molar-refractivity contribution in [1.29, 1.82) is 0 Å². The quantitative estimate of drug-likeness (QED) is 0.754. The Morgan fingerprint density at radius 3 is 3.07 bits per heavy atom. The number of ether oxygens (including phenoxy) is 1. The van der Waals surface area contributed by atoms with Crippen molar-refractivity contribution in [3.63, 3.8) is 0 Å². The molecular weight excluding hydrogens is 198 g/mol. The second-order valence-corrected chi connectivity index (χ2v) is 4.12. The number of rotatable bonds is 2. The van der Waals surface area contributed by atoms with Crippen molar-refractivity contribution < 1.29 is 4.74 Å². The maximum atomic E-state index is 5.91. The zero-order valence-electron chi connectivity index (χ0n) is 7.59. The van der Waals surface area contributed by atoms with E-state index in [0.717, 1.165) is 23.6 Å². The van der Waals surface area contributed by atoms with Crippen molar-refractivity contribution in [2.24, 2.45) is 0 Å². The van der Waals surface area contributed by atoms with Gasteiger partial charge in [0, 0.05) is 28.0 Å². The summed E-state index contributed by atoms with van der Waals surface area (Å²) in [6.45, 7) is 0.899. The second-order valence-electron chi connectivity index (χ2n) is 3.69. The Hall–Kier alpha value is -0.990. The van der Waals surface area contributed by atoms with Gasteiger partial charge in [-0.15, -0.1) is 0 Å². The molecule has 1 aliphatic rings. The fraction of sp³-hybridized carbons (Fsp3) is 0.273. The maximum absolute atomic E-state index is 5.91. The average Bonchev–Trinajstić information content (AvgIpc) is 2.84. The molecule has 1 aromatic heterocycles. The summed E-state index contributed by atoms with van der Waals surface area (Å²) in [5.41, 5.74) is 2.37. The molecule has 1 unspecified atom stereocenters. The first-order chi connectivity index (χ1) is 6.81. The predicted octanol–water partition coefficient (Wildman–Crippen LogP) is 2.76. The first kappa shape index (κ1) is 8.33. The molecule has 14 heavy (non-hydrogen) atoms. The first-order valence-electron chi connectivity index (χ1n) is 4.70. The van der Waals surface area contributed by atoms with E-state index in [1.807, 2.05) is 18.2 Å². The van der Waals surface area contributed by atoms with Crippen LogP contribution in [0.1, 0.15) is 5.69 Å². The number of benzene rings is 1. The van der Waals surface area contributed by atoms with Crippen LogP contribution >= 0.6 is 11.6 Å². The molecule has 0 saturated carbocycles. The van der Waals surface area contributed by atoms with Crippen LogP contribution in [0.4, 0.5) is 0 Å². The van der Waals surface area contributed by atoms with Crippen LogP contribution in [0.2, 0.25) is 5.02 Å². The molecule has 0 bridgehead atoms. The van der Waals surface area contributed by atoms with E-state index in [-0.39, 0.29) is 0 Å². The molecule has 1 N–H and O–H groups in total. The fourth-order valence-electron chi connectivity index (χ4n) is 1.70. The third kappa shape index (κ3) is 1.51. The highest BCUT2D eigenvalue weighted by Gasteiger charge is 2.23. The van der Waals surface area contributed by atoms with Crippen LogP contribution in [0.5, 0.6) is 0 Å². The van der Waals surface area contributed by atoms with E-state index in [1.54, 1.807) is 0 Å². The Morgan fingerprint density at radius 2 is 2.29 bits per heavy atom. The first-order valence-corrected chi connectivity index (χ1v) is 5.08. The number of aromatic amines is 1. The highest BCUT2D eigenvalue weighted by Crippen LogP contribution is 2.22. The van der Waals surface area contributed by atoms with Gasteiger partial charge in [0.05, 0.1) is 12.7 Å². The summed E-state index contributed by atoms with van der Waals surface area (Å²) in [6.07, 6.45) is 1.41. The number of aromatic nitrogens is 1. The SMILES string of the molecule is Clc1ccc2[nH]c(CC3CO3)cc2c1. The van der Waals surface area contributed by atoms with Crippen LogP contribution < -0.4 is 0 Å². The lowest BCUT2D eigenvalue weighted by molar-refractivity contribution is 0.406. The van der Waals surface area contributed by atoms with E-state index in [1.165, 1.54) is 11.1 Å². The standard InChI is InChI=1S/C11H10ClNO/c12-8-1-2-11-7(3-8)4-9(13-11)5-10-6-14-10/h1-4,10,13H,5-6H2. The molecule has 0 radical (unpaired) electrons. The Kier molecular flexibility index (Phi) is 1.79. The summed E-state index contributed by atoms with van der Waals surface area (Å²) in [5, 5.41) is 1.96. The van der Waals surface area contributed by atoms with Gasteiger partial charge in [0.1, 0.15) is 0 Å². The van der Waals surface area contributed by atoms with Crippen molar-refractivity contribution in [2.75, 3.05) is 6.61 Å². The van der Waals surface area contributed by atoms with Gasteiger partial charge in [-0.1, -0.05) is 11.6 Å². The van der Waals surface area contributed by atoms with Gasteiger partial charge in [0.2, 0.25) is 0 Å². The minimum absolute atomic E-state index is 0.429. The smallest absolute Gasteiger partial charge is 0.0864 e. The van der Waals surface area contributed by atoms with Gasteiger partial charge in [0.25, 0.3) is 0 Å². The van der Waals surface area contributed by atoms with Crippen LogP contribution in [0.15, 0.2) is 24.3 Å². The van der Waals surface area contributed by atoms with Gasteiger partial charge < -0.3 is 9.72 Å². The second kappa shape index (κ2) is 3.01. The molecule has 0 aliphatic carbocycles. The topological polar surface area (TPSA) is 28.3 Å². The molecule has 2 nitrogen and oxygen atoms in total. The molecular formula is C11H10ClNO. The van der Waals surface area contributed by atoms with Gasteiger partial charge >= 0.3 is 0 Å². The number of hydrogen-bond acceptors (Lipinski definition) is 1. The molecule has 1 aliphatic heterocycles. The molecule has 0 amide bonds. The average molecular weight is 208 g/mol.